The lowest BCUT2D eigenvalue weighted by molar-refractivity contribution is 0.485. The molecule has 0 radical (unpaired) electrons. The first-order valence-electron chi connectivity index (χ1n) is 5.76. The SMILES string of the molecule is CNc1ccc(Oc2ccc(N)cc2)c(NC)c1. The summed E-state index contributed by atoms with van der Waals surface area (Å²) in [6.07, 6.45) is 0. The van der Waals surface area contributed by atoms with E-state index >= 15 is 0 Å². The van der Waals surface area contributed by atoms with Gasteiger partial charge in [0.1, 0.15) is 5.75 Å². The van der Waals surface area contributed by atoms with Gasteiger partial charge in [-0.25, -0.2) is 0 Å². The second kappa shape index (κ2) is 5.31. The van der Waals surface area contributed by atoms with E-state index in [9.17, 15) is 0 Å². The third-order valence-electron chi connectivity index (χ3n) is 2.65. The van der Waals surface area contributed by atoms with Gasteiger partial charge in [0.15, 0.2) is 5.75 Å². The molecule has 18 heavy (non-hydrogen) atoms. The molecule has 4 heteroatoms. The van der Waals surface area contributed by atoms with Crippen LogP contribution in [0, 0.1) is 0 Å². The summed E-state index contributed by atoms with van der Waals surface area (Å²) in [6, 6.07) is 13.2. The van der Waals surface area contributed by atoms with Crippen LogP contribution in [-0.4, -0.2) is 14.1 Å². The summed E-state index contributed by atoms with van der Waals surface area (Å²) in [7, 11) is 3.75. The predicted molar refractivity (Wildman–Crippen MR) is 76.5 cm³/mol. The van der Waals surface area contributed by atoms with E-state index in [0.29, 0.717) is 0 Å². The number of nitrogen functional groups attached to an aromatic ring is 1. The van der Waals surface area contributed by atoms with Gasteiger partial charge in [-0.1, -0.05) is 0 Å². The number of hydrogen-bond donors (Lipinski definition) is 3. The van der Waals surface area contributed by atoms with Gasteiger partial charge >= 0.3 is 0 Å². The lowest BCUT2D eigenvalue weighted by Crippen LogP contribution is -1.96. The van der Waals surface area contributed by atoms with E-state index in [4.69, 9.17) is 10.5 Å². The average Bonchev–Trinajstić information content (AvgIpc) is 2.41. The highest BCUT2D eigenvalue weighted by Crippen LogP contribution is 2.31. The van der Waals surface area contributed by atoms with Crippen LogP contribution in [0.4, 0.5) is 17.1 Å². The minimum Gasteiger partial charge on any atom is -0.455 e. The number of rotatable bonds is 4. The van der Waals surface area contributed by atoms with Gasteiger partial charge in [-0.2, -0.15) is 0 Å². The first-order chi connectivity index (χ1) is 8.72. The van der Waals surface area contributed by atoms with E-state index in [0.717, 1.165) is 28.6 Å². The summed E-state index contributed by atoms with van der Waals surface area (Å²) in [6.45, 7) is 0. The first-order valence-corrected chi connectivity index (χ1v) is 5.76. The van der Waals surface area contributed by atoms with Crippen LogP contribution < -0.4 is 21.1 Å². The lowest BCUT2D eigenvalue weighted by atomic mass is 10.2. The molecule has 0 aliphatic heterocycles. The molecule has 0 amide bonds. The van der Waals surface area contributed by atoms with Gasteiger partial charge in [0.25, 0.3) is 0 Å². The quantitative estimate of drug-likeness (QED) is 0.722. The van der Waals surface area contributed by atoms with E-state index in [-0.39, 0.29) is 0 Å². The number of hydrogen-bond acceptors (Lipinski definition) is 4. The Bertz CT molecular complexity index is 523. The van der Waals surface area contributed by atoms with Crippen molar-refractivity contribution in [3.05, 3.63) is 42.5 Å². The molecule has 4 nitrogen and oxygen atoms in total. The van der Waals surface area contributed by atoms with Gasteiger partial charge in [-0.05, 0) is 42.5 Å². The molecule has 0 aromatic heterocycles. The normalized spacial score (nSPS) is 9.89. The van der Waals surface area contributed by atoms with Gasteiger partial charge in [0.05, 0.1) is 5.69 Å². The topological polar surface area (TPSA) is 59.3 Å². The van der Waals surface area contributed by atoms with Gasteiger partial charge < -0.3 is 21.1 Å². The van der Waals surface area contributed by atoms with Crippen LogP contribution in [0.25, 0.3) is 0 Å². The highest BCUT2D eigenvalue weighted by Gasteiger charge is 2.04. The molecular formula is C14H17N3O. The predicted octanol–water partition coefficient (Wildman–Crippen LogP) is 3.14. The van der Waals surface area contributed by atoms with Crippen molar-refractivity contribution in [2.24, 2.45) is 0 Å². The van der Waals surface area contributed by atoms with Crippen molar-refractivity contribution >= 4 is 17.1 Å². The summed E-state index contributed by atoms with van der Waals surface area (Å²) in [5, 5.41) is 6.20. The summed E-state index contributed by atoms with van der Waals surface area (Å²) in [5.41, 5.74) is 8.32. The van der Waals surface area contributed by atoms with E-state index in [1.807, 2.05) is 56.6 Å². The highest BCUT2D eigenvalue weighted by molar-refractivity contribution is 5.65. The third-order valence-corrected chi connectivity index (χ3v) is 2.65. The van der Waals surface area contributed by atoms with Gasteiger partial charge in [-0.3, -0.25) is 0 Å². The minimum absolute atomic E-state index is 0.724. The van der Waals surface area contributed by atoms with Crippen molar-refractivity contribution in [1.29, 1.82) is 0 Å². The van der Waals surface area contributed by atoms with Crippen LogP contribution in [0.2, 0.25) is 0 Å². The molecule has 2 aromatic rings. The third kappa shape index (κ3) is 2.66. The van der Waals surface area contributed by atoms with Crippen molar-refractivity contribution < 1.29 is 4.74 Å². The Kier molecular flexibility index (Phi) is 3.57. The summed E-state index contributed by atoms with van der Waals surface area (Å²) in [5.74, 6) is 1.54. The summed E-state index contributed by atoms with van der Waals surface area (Å²) in [4.78, 5) is 0. The molecule has 0 heterocycles. The molecule has 0 atom stereocenters. The van der Waals surface area contributed by atoms with Crippen LogP contribution in [0.1, 0.15) is 0 Å². The molecule has 4 N–H and O–H groups in total. The van der Waals surface area contributed by atoms with E-state index in [1.165, 1.54) is 0 Å². The zero-order valence-corrected chi connectivity index (χ0v) is 10.5. The van der Waals surface area contributed by atoms with Crippen molar-refractivity contribution in [2.75, 3.05) is 30.5 Å². The summed E-state index contributed by atoms with van der Waals surface area (Å²) >= 11 is 0. The van der Waals surface area contributed by atoms with Gasteiger partial charge in [-0.15, -0.1) is 0 Å². The van der Waals surface area contributed by atoms with Crippen LogP contribution in [0.3, 0.4) is 0 Å². The molecule has 2 aromatic carbocycles. The van der Waals surface area contributed by atoms with E-state index < -0.39 is 0 Å². The Hall–Kier alpha value is -2.36. The number of anilines is 3. The Morgan fingerprint density at radius 2 is 1.67 bits per heavy atom. The zero-order valence-electron chi connectivity index (χ0n) is 10.5. The van der Waals surface area contributed by atoms with Gasteiger partial charge in [0, 0.05) is 25.5 Å². The Labute approximate surface area is 107 Å². The lowest BCUT2D eigenvalue weighted by Gasteiger charge is -2.12. The monoisotopic (exact) mass is 243 g/mol. The van der Waals surface area contributed by atoms with Crippen LogP contribution in [0.15, 0.2) is 42.5 Å². The second-order valence-corrected chi connectivity index (χ2v) is 3.88. The maximum absolute atomic E-state index is 5.81. The molecule has 2 rings (SSSR count). The standard InChI is InChI=1S/C14H17N3O/c1-16-11-5-8-14(13(9-11)17-2)18-12-6-3-10(15)4-7-12/h3-9,16-17H,15H2,1-2H3. The maximum atomic E-state index is 5.81. The Balaban J connectivity index is 2.25. The van der Waals surface area contributed by atoms with Gasteiger partial charge in [0.2, 0.25) is 0 Å². The van der Waals surface area contributed by atoms with Crippen LogP contribution >= 0.6 is 0 Å². The van der Waals surface area contributed by atoms with Crippen LogP contribution in [0.5, 0.6) is 11.5 Å². The minimum atomic E-state index is 0.724. The number of nitrogens with one attached hydrogen (secondary N) is 2. The molecule has 0 fully saturated rings. The number of ether oxygens (including phenoxy) is 1. The number of benzene rings is 2. The van der Waals surface area contributed by atoms with E-state index in [1.54, 1.807) is 0 Å². The number of nitrogens with two attached hydrogens (primary N) is 1. The molecule has 0 spiro atoms. The largest absolute Gasteiger partial charge is 0.455 e. The fraction of sp³-hybridized carbons (Fsp3) is 0.143. The fourth-order valence-electron chi connectivity index (χ4n) is 1.63. The van der Waals surface area contributed by atoms with Crippen LogP contribution in [-0.2, 0) is 0 Å². The average molecular weight is 243 g/mol. The van der Waals surface area contributed by atoms with Crippen molar-refractivity contribution in [3.8, 4) is 11.5 Å². The molecular weight excluding hydrogens is 226 g/mol. The van der Waals surface area contributed by atoms with Crippen molar-refractivity contribution in [3.63, 3.8) is 0 Å². The second-order valence-electron chi connectivity index (χ2n) is 3.88. The van der Waals surface area contributed by atoms with Crippen molar-refractivity contribution in [1.82, 2.24) is 0 Å². The molecule has 0 aliphatic rings. The zero-order chi connectivity index (χ0) is 13.0. The molecule has 0 unspecified atom stereocenters. The molecule has 0 aliphatic carbocycles. The molecule has 0 bridgehead atoms. The fourth-order valence-corrected chi connectivity index (χ4v) is 1.63. The molecule has 94 valence electrons. The Morgan fingerprint density at radius 1 is 0.944 bits per heavy atom. The Morgan fingerprint density at radius 3 is 2.28 bits per heavy atom. The van der Waals surface area contributed by atoms with Crippen molar-refractivity contribution in [2.45, 2.75) is 0 Å². The first kappa shape index (κ1) is 12.1. The molecule has 0 saturated carbocycles. The molecule has 0 saturated heterocycles. The smallest absolute Gasteiger partial charge is 0.150 e. The summed E-state index contributed by atoms with van der Waals surface area (Å²) < 4.78 is 5.81. The maximum Gasteiger partial charge on any atom is 0.150 e. The highest BCUT2D eigenvalue weighted by atomic mass is 16.5. The van der Waals surface area contributed by atoms with E-state index in [2.05, 4.69) is 10.6 Å².